The molecule has 7 heteroatoms. The van der Waals surface area contributed by atoms with Gasteiger partial charge in [-0.15, -0.1) is 0 Å². The molecule has 0 unspecified atom stereocenters. The fourth-order valence-electron chi connectivity index (χ4n) is 3.58. The average molecular weight is 403 g/mol. The standard InChI is InChI=1S/C23H21N3O4/c27-23(24-12-14-30-15-13-24)21-17-25(22-10-2-1-9-20(21)22)11-4-3-6-18-7-5-8-19(16-18)26(28)29/h1-2,5,7-10,16-17H,4,11-15H2. The van der Waals surface area contributed by atoms with Gasteiger partial charge in [-0.05, 0) is 12.1 Å². The predicted molar refractivity (Wildman–Crippen MR) is 113 cm³/mol. The van der Waals surface area contributed by atoms with Crippen molar-refractivity contribution in [2.45, 2.75) is 13.0 Å². The molecule has 2 heterocycles. The quantitative estimate of drug-likeness (QED) is 0.380. The number of aryl methyl sites for hydroxylation is 1. The summed E-state index contributed by atoms with van der Waals surface area (Å²) >= 11 is 0. The zero-order valence-electron chi connectivity index (χ0n) is 16.4. The lowest BCUT2D eigenvalue weighted by molar-refractivity contribution is -0.384. The summed E-state index contributed by atoms with van der Waals surface area (Å²) in [4.78, 5) is 25.3. The highest BCUT2D eigenvalue weighted by molar-refractivity contribution is 6.07. The summed E-state index contributed by atoms with van der Waals surface area (Å²) < 4.78 is 7.40. The third kappa shape index (κ3) is 4.19. The Hall–Kier alpha value is -3.63. The summed E-state index contributed by atoms with van der Waals surface area (Å²) in [5, 5.41) is 11.8. The number of carbonyl (C=O) groups is 1. The molecule has 4 rings (SSSR count). The molecule has 0 N–H and O–H groups in total. The second-order valence-electron chi connectivity index (χ2n) is 7.02. The highest BCUT2D eigenvalue weighted by atomic mass is 16.6. The predicted octanol–water partition coefficient (Wildman–Crippen LogP) is 3.46. The summed E-state index contributed by atoms with van der Waals surface area (Å²) in [6.45, 7) is 2.97. The van der Waals surface area contributed by atoms with Gasteiger partial charge in [-0.2, -0.15) is 0 Å². The number of rotatable bonds is 4. The minimum Gasteiger partial charge on any atom is -0.378 e. The first kappa shape index (κ1) is 19.7. The molecule has 0 bridgehead atoms. The molecule has 3 aromatic rings. The van der Waals surface area contributed by atoms with Crippen LogP contribution in [0.1, 0.15) is 22.3 Å². The fourth-order valence-corrected chi connectivity index (χ4v) is 3.58. The third-order valence-corrected chi connectivity index (χ3v) is 5.08. The molecular formula is C23H21N3O4. The maximum Gasteiger partial charge on any atom is 0.270 e. The molecule has 1 saturated heterocycles. The van der Waals surface area contributed by atoms with Gasteiger partial charge in [0, 0.05) is 60.9 Å². The Balaban J connectivity index is 1.52. The molecule has 1 aliphatic heterocycles. The monoisotopic (exact) mass is 403 g/mol. The Morgan fingerprint density at radius 1 is 1.13 bits per heavy atom. The zero-order chi connectivity index (χ0) is 20.9. The largest absolute Gasteiger partial charge is 0.378 e. The molecular weight excluding hydrogens is 382 g/mol. The van der Waals surface area contributed by atoms with E-state index in [4.69, 9.17) is 4.74 Å². The molecule has 0 aliphatic carbocycles. The van der Waals surface area contributed by atoms with E-state index >= 15 is 0 Å². The van der Waals surface area contributed by atoms with Crippen LogP contribution in [-0.4, -0.2) is 46.6 Å². The number of nitrogens with zero attached hydrogens (tertiary/aromatic N) is 3. The van der Waals surface area contributed by atoms with Gasteiger partial charge in [0.2, 0.25) is 0 Å². The van der Waals surface area contributed by atoms with Crippen molar-refractivity contribution < 1.29 is 14.5 Å². The summed E-state index contributed by atoms with van der Waals surface area (Å²) in [5.74, 6) is 6.08. The van der Waals surface area contributed by atoms with Crippen LogP contribution in [0, 0.1) is 22.0 Å². The summed E-state index contributed by atoms with van der Waals surface area (Å²) in [6.07, 6.45) is 2.46. The van der Waals surface area contributed by atoms with Crippen molar-refractivity contribution in [1.29, 1.82) is 0 Å². The highest BCUT2D eigenvalue weighted by Crippen LogP contribution is 2.23. The number of hydrogen-bond donors (Lipinski definition) is 0. The second-order valence-corrected chi connectivity index (χ2v) is 7.02. The number of carbonyl (C=O) groups excluding carboxylic acids is 1. The van der Waals surface area contributed by atoms with Gasteiger partial charge >= 0.3 is 0 Å². The Labute approximate surface area is 174 Å². The molecule has 0 radical (unpaired) electrons. The molecule has 1 fully saturated rings. The van der Waals surface area contributed by atoms with E-state index < -0.39 is 4.92 Å². The van der Waals surface area contributed by atoms with E-state index in [9.17, 15) is 14.9 Å². The van der Waals surface area contributed by atoms with Crippen molar-refractivity contribution in [2.75, 3.05) is 26.3 Å². The van der Waals surface area contributed by atoms with Crippen LogP contribution in [0.5, 0.6) is 0 Å². The van der Waals surface area contributed by atoms with Crippen LogP contribution in [0.4, 0.5) is 5.69 Å². The molecule has 7 nitrogen and oxygen atoms in total. The molecule has 2 aromatic carbocycles. The number of amides is 1. The average Bonchev–Trinajstić information content (AvgIpc) is 3.16. The van der Waals surface area contributed by atoms with E-state index in [1.807, 2.05) is 39.9 Å². The maximum atomic E-state index is 13.0. The van der Waals surface area contributed by atoms with Crippen LogP contribution in [-0.2, 0) is 11.3 Å². The second kappa shape index (κ2) is 8.80. The molecule has 1 aromatic heterocycles. The van der Waals surface area contributed by atoms with E-state index in [2.05, 4.69) is 11.8 Å². The van der Waals surface area contributed by atoms with Crippen LogP contribution in [0.2, 0.25) is 0 Å². The number of fused-ring (bicyclic) bond motifs is 1. The molecule has 0 atom stereocenters. The summed E-state index contributed by atoms with van der Waals surface area (Å²) in [6, 6.07) is 14.2. The maximum absolute atomic E-state index is 13.0. The molecule has 1 amide bonds. The van der Waals surface area contributed by atoms with Crippen LogP contribution in [0.15, 0.2) is 54.7 Å². The number of hydrogen-bond acceptors (Lipinski definition) is 4. The first-order chi connectivity index (χ1) is 14.6. The van der Waals surface area contributed by atoms with Crippen LogP contribution in [0.25, 0.3) is 10.9 Å². The van der Waals surface area contributed by atoms with Crippen LogP contribution >= 0.6 is 0 Å². The minimum absolute atomic E-state index is 0.0240. The molecule has 0 saturated carbocycles. The Bertz CT molecular complexity index is 1150. The van der Waals surface area contributed by atoms with E-state index in [1.165, 1.54) is 12.1 Å². The van der Waals surface area contributed by atoms with Crippen molar-refractivity contribution >= 4 is 22.5 Å². The highest BCUT2D eigenvalue weighted by Gasteiger charge is 2.22. The smallest absolute Gasteiger partial charge is 0.270 e. The Morgan fingerprint density at radius 3 is 2.73 bits per heavy atom. The van der Waals surface area contributed by atoms with E-state index in [0.29, 0.717) is 50.4 Å². The lowest BCUT2D eigenvalue weighted by Crippen LogP contribution is -2.40. The van der Waals surface area contributed by atoms with Gasteiger partial charge in [-0.3, -0.25) is 14.9 Å². The lowest BCUT2D eigenvalue weighted by atomic mass is 10.1. The topological polar surface area (TPSA) is 77.6 Å². The number of nitro groups is 1. The van der Waals surface area contributed by atoms with E-state index in [1.54, 1.807) is 12.1 Å². The number of para-hydroxylation sites is 1. The number of benzene rings is 2. The van der Waals surface area contributed by atoms with Crippen molar-refractivity contribution in [3.05, 3.63) is 76.0 Å². The van der Waals surface area contributed by atoms with Crippen molar-refractivity contribution in [2.24, 2.45) is 0 Å². The lowest BCUT2D eigenvalue weighted by Gasteiger charge is -2.26. The fraction of sp³-hybridized carbons (Fsp3) is 0.261. The van der Waals surface area contributed by atoms with Crippen molar-refractivity contribution in [3.8, 4) is 11.8 Å². The summed E-state index contributed by atoms with van der Waals surface area (Å²) in [5.41, 5.74) is 2.33. The summed E-state index contributed by atoms with van der Waals surface area (Å²) in [7, 11) is 0. The van der Waals surface area contributed by atoms with Crippen LogP contribution < -0.4 is 0 Å². The number of aromatic nitrogens is 1. The molecule has 1 aliphatic rings. The molecule has 0 spiro atoms. The van der Waals surface area contributed by atoms with Gasteiger partial charge in [-0.25, -0.2) is 0 Å². The van der Waals surface area contributed by atoms with E-state index in [-0.39, 0.29) is 11.6 Å². The third-order valence-electron chi connectivity index (χ3n) is 5.08. The number of ether oxygens (including phenoxy) is 1. The number of non-ortho nitro benzene ring substituents is 1. The molecule has 152 valence electrons. The number of nitro benzene ring substituents is 1. The minimum atomic E-state index is -0.426. The Morgan fingerprint density at radius 2 is 1.93 bits per heavy atom. The van der Waals surface area contributed by atoms with Crippen molar-refractivity contribution in [3.63, 3.8) is 0 Å². The van der Waals surface area contributed by atoms with Crippen LogP contribution in [0.3, 0.4) is 0 Å². The zero-order valence-corrected chi connectivity index (χ0v) is 16.4. The van der Waals surface area contributed by atoms with Crippen molar-refractivity contribution in [1.82, 2.24) is 9.47 Å². The van der Waals surface area contributed by atoms with Gasteiger partial charge in [0.1, 0.15) is 0 Å². The normalized spacial score (nSPS) is 13.7. The van der Waals surface area contributed by atoms with Gasteiger partial charge in [-0.1, -0.05) is 36.1 Å². The van der Waals surface area contributed by atoms with E-state index in [0.717, 1.165) is 10.9 Å². The van der Waals surface area contributed by atoms with Gasteiger partial charge in [0.15, 0.2) is 0 Å². The first-order valence-electron chi connectivity index (χ1n) is 9.82. The Kier molecular flexibility index (Phi) is 5.77. The SMILES string of the molecule is O=C(c1cn(CCC#Cc2cccc([N+](=O)[O-])c2)c2ccccc12)N1CCOCC1. The van der Waals surface area contributed by atoms with Gasteiger partial charge in [0.05, 0.1) is 23.7 Å². The number of morpholine rings is 1. The molecule has 30 heavy (non-hydrogen) atoms. The first-order valence-corrected chi connectivity index (χ1v) is 9.82. The van der Waals surface area contributed by atoms with Gasteiger partial charge < -0.3 is 14.2 Å². The van der Waals surface area contributed by atoms with Gasteiger partial charge in [0.25, 0.3) is 11.6 Å².